The molecule has 0 saturated heterocycles. The maximum absolute atomic E-state index is 3.06. The summed E-state index contributed by atoms with van der Waals surface area (Å²) in [5, 5.41) is 2.57. The number of hydrogen-bond acceptors (Lipinski definition) is 0. The molecule has 0 bridgehead atoms. The summed E-state index contributed by atoms with van der Waals surface area (Å²) in [6, 6.07) is 12.6. The summed E-state index contributed by atoms with van der Waals surface area (Å²) in [5.41, 5.74) is 0. The van der Waals surface area contributed by atoms with Crippen LogP contribution >= 0.6 is 0 Å². The van der Waals surface area contributed by atoms with Crippen molar-refractivity contribution in [2.24, 2.45) is 0 Å². The van der Waals surface area contributed by atoms with Gasteiger partial charge in [-0.25, -0.2) is 0 Å². The van der Waals surface area contributed by atoms with Crippen molar-refractivity contribution in [2.45, 2.75) is 0 Å². The zero-order valence-corrected chi connectivity index (χ0v) is 9.71. The summed E-state index contributed by atoms with van der Waals surface area (Å²) in [6.07, 6.45) is 0. The predicted molar refractivity (Wildman–Crippen MR) is 54.7 cm³/mol. The number of rotatable bonds is 0. The van der Waals surface area contributed by atoms with E-state index in [9.17, 15) is 0 Å². The van der Waals surface area contributed by atoms with Crippen LogP contribution in [0.4, 0.5) is 0 Å². The standard InChI is InChI=1S/C10H6Se2/c11-9-5-1-3-7-8(9)4-2-6-10(7)12/h1-6H. The molecule has 0 aliphatic heterocycles. The van der Waals surface area contributed by atoms with Crippen molar-refractivity contribution in [3.8, 4) is 0 Å². The molecule has 0 aromatic heterocycles. The molecular weight excluding hydrogens is 278 g/mol. The Hall–Kier alpha value is -0.261. The predicted octanol–water partition coefficient (Wildman–Crippen LogP) is 0.427. The molecule has 0 unspecified atom stereocenters. The molecule has 2 heteroatoms. The van der Waals surface area contributed by atoms with Crippen molar-refractivity contribution >= 4 is 51.7 Å². The minimum absolute atomic E-state index is 1.21. The van der Waals surface area contributed by atoms with Crippen molar-refractivity contribution in [2.75, 3.05) is 0 Å². The van der Waals surface area contributed by atoms with Crippen LogP contribution in [-0.4, -0.2) is 32.0 Å². The third-order valence-electron chi connectivity index (χ3n) is 1.84. The van der Waals surface area contributed by atoms with E-state index in [1.165, 1.54) is 19.7 Å². The molecule has 0 amide bonds. The Labute approximate surface area is 88.0 Å². The summed E-state index contributed by atoms with van der Waals surface area (Å²) in [5.74, 6) is 0. The SMILES string of the molecule is [Se]c1cccc2c([Se])cccc12. The van der Waals surface area contributed by atoms with Gasteiger partial charge in [-0.2, -0.15) is 0 Å². The van der Waals surface area contributed by atoms with Crippen LogP contribution in [0.1, 0.15) is 0 Å². The van der Waals surface area contributed by atoms with Crippen LogP contribution in [0.3, 0.4) is 0 Å². The van der Waals surface area contributed by atoms with E-state index in [0.29, 0.717) is 0 Å². The second kappa shape index (κ2) is 3.24. The van der Waals surface area contributed by atoms with E-state index in [4.69, 9.17) is 0 Å². The van der Waals surface area contributed by atoms with Gasteiger partial charge in [0.2, 0.25) is 0 Å². The van der Waals surface area contributed by atoms with Gasteiger partial charge < -0.3 is 0 Å². The van der Waals surface area contributed by atoms with Gasteiger partial charge in [0.05, 0.1) is 0 Å². The molecule has 0 heterocycles. The average Bonchev–Trinajstić information content (AvgIpc) is 2.07. The fourth-order valence-corrected chi connectivity index (χ4v) is 2.33. The van der Waals surface area contributed by atoms with Crippen LogP contribution in [0.5, 0.6) is 0 Å². The van der Waals surface area contributed by atoms with E-state index in [1.54, 1.807) is 0 Å². The Balaban J connectivity index is 2.94. The summed E-state index contributed by atoms with van der Waals surface area (Å²) in [6.45, 7) is 0. The van der Waals surface area contributed by atoms with Gasteiger partial charge in [-0.3, -0.25) is 0 Å². The average molecular weight is 284 g/mol. The minimum atomic E-state index is 1.21. The van der Waals surface area contributed by atoms with Gasteiger partial charge in [0, 0.05) is 0 Å². The first-order valence-corrected chi connectivity index (χ1v) is 5.36. The number of fused-ring (bicyclic) bond motifs is 1. The Morgan fingerprint density at radius 2 is 1.08 bits per heavy atom. The molecule has 0 aliphatic carbocycles. The third-order valence-corrected chi connectivity index (χ3v) is 3.34. The Morgan fingerprint density at radius 3 is 1.50 bits per heavy atom. The molecule has 0 atom stereocenters. The Morgan fingerprint density at radius 1 is 0.667 bits per heavy atom. The van der Waals surface area contributed by atoms with Crippen LogP contribution in [0.2, 0.25) is 0 Å². The zero-order valence-electron chi connectivity index (χ0n) is 6.28. The molecule has 0 fully saturated rings. The maximum atomic E-state index is 3.06. The van der Waals surface area contributed by atoms with Crippen molar-refractivity contribution < 1.29 is 0 Å². The summed E-state index contributed by atoms with van der Waals surface area (Å²) in [7, 11) is 0. The van der Waals surface area contributed by atoms with Crippen molar-refractivity contribution in [1.82, 2.24) is 0 Å². The molecule has 0 spiro atoms. The molecule has 12 heavy (non-hydrogen) atoms. The molecule has 58 valence electrons. The van der Waals surface area contributed by atoms with E-state index in [-0.39, 0.29) is 0 Å². The molecule has 2 rings (SSSR count). The van der Waals surface area contributed by atoms with Crippen LogP contribution in [0.25, 0.3) is 10.8 Å². The summed E-state index contributed by atoms with van der Waals surface area (Å²) >= 11 is 6.12. The second-order valence-corrected chi connectivity index (χ2v) is 4.45. The van der Waals surface area contributed by atoms with Crippen LogP contribution in [0, 0.1) is 0 Å². The van der Waals surface area contributed by atoms with Crippen molar-refractivity contribution in [1.29, 1.82) is 0 Å². The first-order chi connectivity index (χ1) is 5.79. The fourth-order valence-electron chi connectivity index (χ4n) is 1.25. The van der Waals surface area contributed by atoms with Crippen LogP contribution in [-0.2, 0) is 0 Å². The van der Waals surface area contributed by atoms with Gasteiger partial charge in [-0.15, -0.1) is 0 Å². The van der Waals surface area contributed by atoms with E-state index in [2.05, 4.69) is 68.4 Å². The third kappa shape index (κ3) is 1.32. The summed E-state index contributed by atoms with van der Waals surface area (Å²) < 4.78 is 2.43. The monoisotopic (exact) mass is 286 g/mol. The normalized spacial score (nSPS) is 10.3. The van der Waals surface area contributed by atoms with E-state index < -0.39 is 0 Å². The zero-order chi connectivity index (χ0) is 8.55. The molecular formula is C10H6Se2. The van der Waals surface area contributed by atoms with Gasteiger partial charge in [0.15, 0.2) is 0 Å². The van der Waals surface area contributed by atoms with E-state index >= 15 is 0 Å². The van der Waals surface area contributed by atoms with Gasteiger partial charge in [-0.1, -0.05) is 0 Å². The van der Waals surface area contributed by atoms with Gasteiger partial charge in [-0.05, 0) is 0 Å². The molecule has 2 aromatic carbocycles. The number of hydrogen-bond donors (Lipinski definition) is 0. The first-order valence-electron chi connectivity index (χ1n) is 3.65. The Kier molecular flexibility index (Phi) is 2.25. The quantitative estimate of drug-likeness (QED) is 0.615. The first kappa shape index (κ1) is 8.34. The molecule has 2 aromatic rings. The molecule has 2 radical (unpaired) electrons. The molecule has 0 saturated carbocycles. The van der Waals surface area contributed by atoms with E-state index in [1.807, 2.05) is 0 Å². The van der Waals surface area contributed by atoms with Gasteiger partial charge in [0.25, 0.3) is 0 Å². The topological polar surface area (TPSA) is 0 Å². The molecule has 0 N–H and O–H groups in total. The van der Waals surface area contributed by atoms with E-state index in [0.717, 1.165) is 0 Å². The van der Waals surface area contributed by atoms with Gasteiger partial charge in [0.1, 0.15) is 0 Å². The summed E-state index contributed by atoms with van der Waals surface area (Å²) in [4.78, 5) is 0. The van der Waals surface area contributed by atoms with Crippen LogP contribution in [0.15, 0.2) is 36.4 Å². The molecule has 0 nitrogen and oxygen atoms in total. The second-order valence-electron chi connectivity index (χ2n) is 2.61. The van der Waals surface area contributed by atoms with Gasteiger partial charge >= 0.3 is 88.1 Å². The number of benzene rings is 2. The Bertz CT molecular complexity index is 380. The van der Waals surface area contributed by atoms with Crippen molar-refractivity contribution in [3.05, 3.63) is 36.4 Å². The molecule has 0 aliphatic rings. The van der Waals surface area contributed by atoms with Crippen molar-refractivity contribution in [3.63, 3.8) is 0 Å². The van der Waals surface area contributed by atoms with Crippen LogP contribution < -0.4 is 8.92 Å². The fraction of sp³-hybridized carbons (Fsp3) is 0.